The molecule has 1 aliphatic rings. The highest BCUT2D eigenvalue weighted by Gasteiger charge is 2.24. The molecule has 2 aromatic rings. The van der Waals surface area contributed by atoms with E-state index in [1.165, 1.54) is 37.0 Å². The Morgan fingerprint density at radius 3 is 2.95 bits per heavy atom. The third-order valence-electron chi connectivity index (χ3n) is 4.05. The molecule has 2 aromatic heterocycles. The van der Waals surface area contributed by atoms with Gasteiger partial charge in [-0.1, -0.05) is 19.8 Å². The highest BCUT2D eigenvalue weighted by molar-refractivity contribution is 8.00. The molecule has 3 rings (SSSR count). The van der Waals surface area contributed by atoms with Crippen molar-refractivity contribution in [1.29, 1.82) is 0 Å². The van der Waals surface area contributed by atoms with Gasteiger partial charge in [-0.3, -0.25) is 0 Å². The molecular formula is C15H18N2O2S2. The van der Waals surface area contributed by atoms with E-state index < -0.39 is 5.97 Å². The van der Waals surface area contributed by atoms with Crippen LogP contribution in [-0.2, 0) is 0 Å². The number of aryl methyl sites for hydroxylation is 1. The molecule has 0 saturated heterocycles. The van der Waals surface area contributed by atoms with Crippen molar-refractivity contribution in [1.82, 2.24) is 9.97 Å². The summed E-state index contributed by atoms with van der Waals surface area (Å²) in [7, 11) is 0. The number of hydrogen-bond donors (Lipinski definition) is 1. The molecule has 2 atom stereocenters. The Morgan fingerprint density at radius 2 is 2.24 bits per heavy atom. The summed E-state index contributed by atoms with van der Waals surface area (Å²) in [5.74, 6) is -0.107. The number of carboxylic acids is 1. The fourth-order valence-electron chi connectivity index (χ4n) is 2.98. The molecule has 21 heavy (non-hydrogen) atoms. The summed E-state index contributed by atoms with van der Waals surface area (Å²) in [6.07, 6.45) is 6.58. The van der Waals surface area contributed by atoms with Crippen LogP contribution in [0.1, 0.15) is 47.8 Å². The van der Waals surface area contributed by atoms with Crippen LogP contribution in [0.25, 0.3) is 10.2 Å². The molecule has 1 fully saturated rings. The minimum atomic E-state index is -0.877. The number of carboxylic acid groups (broad SMARTS) is 1. The topological polar surface area (TPSA) is 63.1 Å². The molecular weight excluding hydrogens is 304 g/mol. The first-order valence-corrected chi connectivity index (χ1v) is 8.90. The summed E-state index contributed by atoms with van der Waals surface area (Å²) in [5.41, 5.74) is 0.800. The maximum absolute atomic E-state index is 11.3. The number of rotatable bonds is 3. The zero-order chi connectivity index (χ0) is 15.0. The van der Waals surface area contributed by atoms with E-state index >= 15 is 0 Å². The number of aromatic carboxylic acids is 1. The Morgan fingerprint density at radius 1 is 1.43 bits per heavy atom. The van der Waals surface area contributed by atoms with Crippen molar-refractivity contribution in [2.45, 2.75) is 49.8 Å². The van der Waals surface area contributed by atoms with E-state index in [0.717, 1.165) is 26.7 Å². The molecule has 6 heteroatoms. The summed E-state index contributed by atoms with van der Waals surface area (Å²) in [4.78, 5) is 21.1. The Hall–Kier alpha value is -1.14. The van der Waals surface area contributed by atoms with Gasteiger partial charge in [0.05, 0.1) is 0 Å². The quantitative estimate of drug-likeness (QED) is 0.850. The van der Waals surface area contributed by atoms with E-state index in [0.29, 0.717) is 10.1 Å². The summed E-state index contributed by atoms with van der Waals surface area (Å²) in [5, 5.41) is 11.7. The largest absolute Gasteiger partial charge is 0.477 e. The van der Waals surface area contributed by atoms with E-state index in [9.17, 15) is 9.90 Å². The third-order valence-corrected chi connectivity index (χ3v) is 6.53. The predicted molar refractivity (Wildman–Crippen MR) is 86.4 cm³/mol. The molecule has 0 aliphatic heterocycles. The van der Waals surface area contributed by atoms with Crippen LogP contribution >= 0.6 is 23.1 Å². The van der Waals surface area contributed by atoms with Crippen LogP contribution in [0.3, 0.4) is 0 Å². The van der Waals surface area contributed by atoms with E-state index in [1.807, 2.05) is 6.92 Å². The zero-order valence-corrected chi connectivity index (χ0v) is 13.8. The molecule has 0 amide bonds. The van der Waals surface area contributed by atoms with Crippen LogP contribution in [-0.4, -0.2) is 26.3 Å². The Bertz CT molecular complexity index is 684. The van der Waals surface area contributed by atoms with E-state index in [4.69, 9.17) is 0 Å². The van der Waals surface area contributed by atoms with Crippen LogP contribution in [0.5, 0.6) is 0 Å². The number of nitrogens with zero attached hydrogens (tertiary/aromatic N) is 2. The third kappa shape index (κ3) is 2.92. The first-order chi connectivity index (χ1) is 10.1. The van der Waals surface area contributed by atoms with Crippen LogP contribution in [0.15, 0.2) is 11.4 Å². The minimum absolute atomic E-state index is 0.379. The second-order valence-electron chi connectivity index (χ2n) is 5.73. The highest BCUT2D eigenvalue weighted by Crippen LogP contribution is 2.40. The van der Waals surface area contributed by atoms with Crippen molar-refractivity contribution in [3.8, 4) is 0 Å². The van der Waals surface area contributed by atoms with Gasteiger partial charge < -0.3 is 5.11 Å². The van der Waals surface area contributed by atoms with Crippen LogP contribution in [0.4, 0.5) is 0 Å². The first-order valence-electron chi connectivity index (χ1n) is 7.20. The first kappa shape index (κ1) is 14.8. The summed E-state index contributed by atoms with van der Waals surface area (Å²) >= 11 is 3.04. The summed E-state index contributed by atoms with van der Waals surface area (Å²) in [6, 6.07) is 0. The van der Waals surface area contributed by atoms with Crippen molar-refractivity contribution in [3.05, 3.63) is 16.8 Å². The Balaban J connectivity index is 1.96. The van der Waals surface area contributed by atoms with Crippen molar-refractivity contribution in [2.75, 3.05) is 0 Å². The van der Waals surface area contributed by atoms with E-state index in [-0.39, 0.29) is 0 Å². The van der Waals surface area contributed by atoms with E-state index in [2.05, 4.69) is 16.9 Å². The summed E-state index contributed by atoms with van der Waals surface area (Å²) in [6.45, 7) is 4.17. The van der Waals surface area contributed by atoms with Crippen molar-refractivity contribution in [2.24, 2.45) is 5.92 Å². The lowest BCUT2D eigenvalue weighted by Gasteiger charge is -2.25. The Kier molecular flexibility index (Phi) is 4.17. The number of hydrogen-bond acceptors (Lipinski definition) is 5. The van der Waals surface area contributed by atoms with Gasteiger partial charge in [0.25, 0.3) is 0 Å². The van der Waals surface area contributed by atoms with Gasteiger partial charge >= 0.3 is 5.97 Å². The van der Waals surface area contributed by atoms with Gasteiger partial charge in [0, 0.05) is 10.6 Å². The average molecular weight is 322 g/mol. The average Bonchev–Trinajstić information content (AvgIpc) is 2.77. The lowest BCUT2D eigenvalue weighted by molar-refractivity contribution is 0.0701. The van der Waals surface area contributed by atoms with Crippen LogP contribution < -0.4 is 0 Å². The lowest BCUT2D eigenvalue weighted by atomic mass is 9.91. The minimum Gasteiger partial charge on any atom is -0.477 e. The SMILES string of the molecule is Cc1c(C(=O)O)sc2ncnc(SC3CCCC(C)C3)c12. The van der Waals surface area contributed by atoms with Gasteiger partial charge in [-0.25, -0.2) is 14.8 Å². The fraction of sp³-hybridized carbons (Fsp3) is 0.533. The predicted octanol–water partition coefficient (Wildman–Crippen LogP) is 4.37. The molecule has 2 heterocycles. The molecule has 1 saturated carbocycles. The zero-order valence-electron chi connectivity index (χ0n) is 12.1. The van der Waals surface area contributed by atoms with Gasteiger partial charge in [0.2, 0.25) is 0 Å². The maximum atomic E-state index is 11.3. The number of carbonyl (C=O) groups is 1. The second kappa shape index (κ2) is 5.93. The number of thioether (sulfide) groups is 1. The van der Waals surface area contributed by atoms with Crippen LogP contribution in [0, 0.1) is 12.8 Å². The molecule has 2 unspecified atom stereocenters. The number of fused-ring (bicyclic) bond motifs is 1. The van der Waals surface area contributed by atoms with Gasteiger partial charge in [-0.05, 0) is 31.2 Å². The van der Waals surface area contributed by atoms with Gasteiger partial charge in [0.1, 0.15) is 21.1 Å². The van der Waals surface area contributed by atoms with Crippen molar-refractivity contribution in [3.63, 3.8) is 0 Å². The monoisotopic (exact) mass is 322 g/mol. The van der Waals surface area contributed by atoms with Crippen LogP contribution in [0.2, 0.25) is 0 Å². The van der Waals surface area contributed by atoms with Gasteiger partial charge in [-0.2, -0.15) is 0 Å². The molecule has 112 valence electrons. The Labute approximate surface area is 132 Å². The normalized spacial score (nSPS) is 22.6. The molecule has 1 aliphatic carbocycles. The smallest absolute Gasteiger partial charge is 0.346 e. The summed E-state index contributed by atoms with van der Waals surface area (Å²) < 4.78 is 0. The molecule has 0 radical (unpaired) electrons. The van der Waals surface area contributed by atoms with Crippen molar-refractivity contribution >= 4 is 39.3 Å². The molecule has 0 bridgehead atoms. The lowest BCUT2D eigenvalue weighted by Crippen LogP contribution is -2.15. The molecule has 1 N–H and O–H groups in total. The second-order valence-corrected chi connectivity index (χ2v) is 8.02. The van der Waals surface area contributed by atoms with Crippen molar-refractivity contribution < 1.29 is 9.90 Å². The standard InChI is InChI=1S/C15H18N2O2S2/c1-8-4-3-5-10(6-8)20-13-11-9(2)12(15(18)19)21-14(11)17-7-16-13/h7-8,10H,3-6H2,1-2H3,(H,18,19). The van der Waals surface area contributed by atoms with Gasteiger partial charge in [0.15, 0.2) is 0 Å². The highest BCUT2D eigenvalue weighted by atomic mass is 32.2. The maximum Gasteiger partial charge on any atom is 0.346 e. The molecule has 4 nitrogen and oxygen atoms in total. The van der Waals surface area contributed by atoms with Gasteiger partial charge in [-0.15, -0.1) is 23.1 Å². The molecule has 0 spiro atoms. The fourth-order valence-corrected chi connectivity index (χ4v) is 5.53. The number of thiophene rings is 1. The molecule has 0 aromatic carbocycles. The van der Waals surface area contributed by atoms with E-state index in [1.54, 1.807) is 18.1 Å². The number of aromatic nitrogens is 2.